The van der Waals surface area contributed by atoms with E-state index in [-0.39, 0.29) is 11.9 Å². The predicted molar refractivity (Wildman–Crippen MR) is 99.9 cm³/mol. The number of carbonyl (C=O) groups is 2. The van der Waals surface area contributed by atoms with E-state index in [0.717, 1.165) is 47.5 Å². The van der Waals surface area contributed by atoms with E-state index >= 15 is 0 Å². The fourth-order valence-electron chi connectivity index (χ4n) is 3.19. The number of para-hydroxylation sites is 1. The molecule has 5 nitrogen and oxygen atoms in total. The van der Waals surface area contributed by atoms with E-state index in [1.54, 1.807) is 11.8 Å². The normalized spacial score (nSPS) is 12.6. The molecule has 25 heavy (non-hydrogen) atoms. The number of carbonyl (C=O) groups excluding carboxylic acids is 2. The number of fused-ring (bicyclic) bond motifs is 1. The van der Waals surface area contributed by atoms with Gasteiger partial charge in [0.25, 0.3) is 0 Å². The van der Waals surface area contributed by atoms with Gasteiger partial charge in [-0.15, -0.1) is 0 Å². The van der Waals surface area contributed by atoms with Crippen molar-refractivity contribution in [1.29, 1.82) is 0 Å². The van der Waals surface area contributed by atoms with Gasteiger partial charge in [0.15, 0.2) is 0 Å². The van der Waals surface area contributed by atoms with Gasteiger partial charge in [-0.3, -0.25) is 4.79 Å². The van der Waals surface area contributed by atoms with Crippen molar-refractivity contribution in [2.45, 2.75) is 33.2 Å². The summed E-state index contributed by atoms with van der Waals surface area (Å²) in [5.74, 6) is 0.0681. The average molecular weight is 337 g/mol. The number of anilines is 2. The van der Waals surface area contributed by atoms with E-state index in [2.05, 4.69) is 23.6 Å². The Hall–Kier alpha value is -2.82. The molecule has 0 atom stereocenters. The average Bonchev–Trinajstić information content (AvgIpc) is 3.04. The Morgan fingerprint density at radius 1 is 1.16 bits per heavy atom. The smallest absolute Gasteiger partial charge is 0.319 e. The molecule has 0 saturated carbocycles. The second kappa shape index (κ2) is 7.38. The third kappa shape index (κ3) is 3.82. The lowest BCUT2D eigenvalue weighted by molar-refractivity contribution is -0.116. The minimum atomic E-state index is -0.216. The standard InChI is InChI=1S/C20H23N3O2/c1-3-16-6-4-5-7-18(16)22-20(25)21-13-15-8-9-19-17(12-15)10-11-23(19)14(2)24/h4-9,12H,3,10-11,13H2,1-2H3,(H2,21,22,25). The number of benzene rings is 2. The van der Waals surface area contributed by atoms with Crippen LogP contribution in [0.4, 0.5) is 16.2 Å². The Labute approximate surface area is 148 Å². The van der Waals surface area contributed by atoms with Gasteiger partial charge in [0.1, 0.15) is 0 Å². The molecule has 1 aliphatic heterocycles. The highest BCUT2D eigenvalue weighted by atomic mass is 16.2. The number of nitrogens with one attached hydrogen (secondary N) is 2. The molecule has 130 valence electrons. The van der Waals surface area contributed by atoms with Crippen molar-refractivity contribution in [3.05, 3.63) is 59.2 Å². The summed E-state index contributed by atoms with van der Waals surface area (Å²) in [7, 11) is 0. The highest BCUT2D eigenvalue weighted by molar-refractivity contribution is 5.94. The van der Waals surface area contributed by atoms with Crippen molar-refractivity contribution >= 4 is 23.3 Å². The number of nitrogens with zero attached hydrogens (tertiary/aromatic N) is 1. The van der Waals surface area contributed by atoms with Crippen molar-refractivity contribution in [3.8, 4) is 0 Å². The monoisotopic (exact) mass is 337 g/mol. The van der Waals surface area contributed by atoms with E-state index in [1.165, 1.54) is 0 Å². The molecule has 0 fully saturated rings. The minimum Gasteiger partial charge on any atom is -0.334 e. The van der Waals surface area contributed by atoms with E-state index < -0.39 is 0 Å². The minimum absolute atomic E-state index is 0.0681. The van der Waals surface area contributed by atoms with Gasteiger partial charge in [-0.05, 0) is 41.7 Å². The number of hydrogen-bond donors (Lipinski definition) is 2. The van der Waals surface area contributed by atoms with E-state index in [1.807, 2.05) is 36.4 Å². The maximum atomic E-state index is 12.2. The zero-order valence-electron chi connectivity index (χ0n) is 14.6. The topological polar surface area (TPSA) is 61.4 Å². The fourth-order valence-corrected chi connectivity index (χ4v) is 3.19. The SMILES string of the molecule is CCc1ccccc1NC(=O)NCc1ccc2c(c1)CCN2C(C)=O. The Bertz CT molecular complexity index is 801. The molecule has 0 bridgehead atoms. The lowest BCUT2D eigenvalue weighted by atomic mass is 10.1. The zero-order valence-corrected chi connectivity index (χ0v) is 14.6. The Balaban J connectivity index is 1.61. The third-order valence-electron chi connectivity index (χ3n) is 4.52. The summed E-state index contributed by atoms with van der Waals surface area (Å²) < 4.78 is 0. The number of urea groups is 1. The van der Waals surface area contributed by atoms with Crippen molar-refractivity contribution in [3.63, 3.8) is 0 Å². The number of rotatable bonds is 4. The van der Waals surface area contributed by atoms with Crippen LogP contribution in [0.2, 0.25) is 0 Å². The molecule has 0 unspecified atom stereocenters. The molecule has 0 spiro atoms. The highest BCUT2D eigenvalue weighted by Gasteiger charge is 2.22. The zero-order chi connectivity index (χ0) is 17.8. The van der Waals surface area contributed by atoms with Gasteiger partial charge in [0.05, 0.1) is 0 Å². The lowest BCUT2D eigenvalue weighted by Crippen LogP contribution is -2.28. The molecule has 2 aromatic carbocycles. The first-order valence-corrected chi connectivity index (χ1v) is 8.61. The summed E-state index contributed by atoms with van der Waals surface area (Å²) in [5, 5.41) is 5.80. The molecule has 3 rings (SSSR count). The van der Waals surface area contributed by atoms with Crippen LogP contribution in [0.5, 0.6) is 0 Å². The van der Waals surface area contributed by atoms with Crippen LogP contribution in [0.15, 0.2) is 42.5 Å². The summed E-state index contributed by atoms with van der Waals surface area (Å²) in [6.07, 6.45) is 1.73. The van der Waals surface area contributed by atoms with Crippen LogP contribution >= 0.6 is 0 Å². The van der Waals surface area contributed by atoms with Gasteiger partial charge in [0.2, 0.25) is 5.91 Å². The molecule has 0 radical (unpaired) electrons. The molecule has 2 aromatic rings. The van der Waals surface area contributed by atoms with Gasteiger partial charge >= 0.3 is 6.03 Å². The first kappa shape index (κ1) is 17.0. The Morgan fingerprint density at radius 2 is 1.96 bits per heavy atom. The first-order valence-electron chi connectivity index (χ1n) is 8.61. The van der Waals surface area contributed by atoms with Crippen LogP contribution in [0.1, 0.15) is 30.5 Å². The van der Waals surface area contributed by atoms with Crippen LogP contribution in [-0.4, -0.2) is 18.5 Å². The summed E-state index contributed by atoms with van der Waals surface area (Å²) >= 11 is 0. The predicted octanol–water partition coefficient (Wildman–Crippen LogP) is 3.48. The van der Waals surface area contributed by atoms with Gasteiger partial charge in [-0.1, -0.05) is 37.3 Å². The molecule has 5 heteroatoms. The molecule has 0 aromatic heterocycles. The van der Waals surface area contributed by atoms with Crippen LogP contribution in [0.3, 0.4) is 0 Å². The lowest BCUT2D eigenvalue weighted by Gasteiger charge is -2.15. The molecule has 2 N–H and O–H groups in total. The number of hydrogen-bond acceptors (Lipinski definition) is 2. The second-order valence-electron chi connectivity index (χ2n) is 6.20. The van der Waals surface area contributed by atoms with Crippen molar-refractivity contribution in [2.75, 3.05) is 16.8 Å². The molecule has 0 saturated heterocycles. The van der Waals surface area contributed by atoms with Crippen LogP contribution in [0, 0.1) is 0 Å². The van der Waals surface area contributed by atoms with Gasteiger partial charge < -0.3 is 15.5 Å². The summed E-state index contributed by atoms with van der Waals surface area (Å²) in [6.45, 7) is 4.83. The van der Waals surface area contributed by atoms with Crippen LogP contribution < -0.4 is 15.5 Å². The molecule has 1 aliphatic rings. The number of amides is 3. The first-order chi connectivity index (χ1) is 12.1. The Kier molecular flexibility index (Phi) is 5.03. The molecule has 1 heterocycles. The summed E-state index contributed by atoms with van der Waals surface area (Å²) in [6, 6.07) is 13.6. The maximum absolute atomic E-state index is 12.2. The van der Waals surface area contributed by atoms with Crippen LogP contribution in [0.25, 0.3) is 0 Å². The van der Waals surface area contributed by atoms with Crippen LogP contribution in [-0.2, 0) is 24.2 Å². The van der Waals surface area contributed by atoms with Crippen molar-refractivity contribution in [1.82, 2.24) is 5.32 Å². The quantitative estimate of drug-likeness (QED) is 0.897. The third-order valence-corrected chi connectivity index (χ3v) is 4.52. The Morgan fingerprint density at radius 3 is 2.72 bits per heavy atom. The molecular weight excluding hydrogens is 314 g/mol. The molecule has 3 amide bonds. The molecule has 0 aliphatic carbocycles. The maximum Gasteiger partial charge on any atom is 0.319 e. The van der Waals surface area contributed by atoms with Crippen molar-refractivity contribution in [2.24, 2.45) is 0 Å². The summed E-state index contributed by atoms with van der Waals surface area (Å²) in [4.78, 5) is 25.5. The van der Waals surface area contributed by atoms with E-state index in [0.29, 0.717) is 6.54 Å². The summed E-state index contributed by atoms with van der Waals surface area (Å²) in [5.41, 5.74) is 5.12. The van der Waals surface area contributed by atoms with E-state index in [4.69, 9.17) is 0 Å². The largest absolute Gasteiger partial charge is 0.334 e. The van der Waals surface area contributed by atoms with Gasteiger partial charge in [-0.2, -0.15) is 0 Å². The van der Waals surface area contributed by atoms with Gasteiger partial charge in [-0.25, -0.2) is 4.79 Å². The molecular formula is C20H23N3O2. The second-order valence-corrected chi connectivity index (χ2v) is 6.20. The number of aryl methyl sites for hydroxylation is 1. The van der Waals surface area contributed by atoms with Gasteiger partial charge in [0, 0.05) is 31.4 Å². The fraction of sp³-hybridized carbons (Fsp3) is 0.300. The van der Waals surface area contributed by atoms with Crippen molar-refractivity contribution < 1.29 is 9.59 Å². The highest BCUT2D eigenvalue weighted by Crippen LogP contribution is 2.28. The van der Waals surface area contributed by atoms with E-state index in [9.17, 15) is 9.59 Å².